The molecule has 0 spiro atoms. The summed E-state index contributed by atoms with van der Waals surface area (Å²) >= 11 is 42.0. The van der Waals surface area contributed by atoms with E-state index in [-0.39, 0.29) is 44.6 Å². The minimum absolute atomic E-state index is 0.142. The average molecular weight is 1360 g/mol. The van der Waals surface area contributed by atoms with Crippen LogP contribution in [-0.4, -0.2) is 34.6 Å². The van der Waals surface area contributed by atoms with Crippen LogP contribution < -0.4 is 38.8 Å². The van der Waals surface area contributed by atoms with Gasteiger partial charge in [-0.3, -0.25) is 32.9 Å². The molecule has 0 bridgehead atoms. The Hall–Kier alpha value is -9.56. The molecule has 16 nitrogen and oxygen atoms in total. The Labute approximate surface area is 562 Å². The normalized spacial score (nSPS) is 11.7. The van der Waals surface area contributed by atoms with Gasteiger partial charge < -0.3 is 22.1 Å². The number of nitrogens with one attached hydrogen (secondary N) is 2. The number of carbonyl (C=O) groups excluding carboxylic acids is 1. The lowest BCUT2D eigenvalue weighted by molar-refractivity contribution is 0.100. The second-order valence-electron chi connectivity index (χ2n) is 20.4. The first kappa shape index (κ1) is 66.8. The van der Waals surface area contributed by atoms with Gasteiger partial charge in [-0.05, 0) is 128 Å². The van der Waals surface area contributed by atoms with E-state index in [1.165, 1.54) is 30.7 Å². The highest BCUT2D eigenvalue weighted by molar-refractivity contribution is 6.37. The van der Waals surface area contributed by atoms with Crippen LogP contribution in [0.5, 0.6) is 0 Å². The Morgan fingerprint density at radius 2 is 0.793 bits per heavy atom. The Bertz CT molecular complexity index is 5020. The quantitative estimate of drug-likeness (QED) is 0.0884. The average Bonchev–Trinajstić information content (AvgIpc) is 0.787. The molecule has 0 fully saturated rings. The molecule has 0 saturated heterocycles. The summed E-state index contributed by atoms with van der Waals surface area (Å²) in [6, 6.07) is 57.6. The van der Waals surface area contributed by atoms with Gasteiger partial charge in [0, 0.05) is 58.8 Å². The van der Waals surface area contributed by atoms with E-state index in [9.17, 15) is 24.4 Å². The van der Waals surface area contributed by atoms with E-state index in [0.29, 0.717) is 75.3 Å². The molecule has 0 aliphatic carbocycles. The zero-order valence-electron chi connectivity index (χ0n) is 48.8. The van der Waals surface area contributed by atoms with E-state index in [4.69, 9.17) is 97.9 Å². The highest BCUT2D eigenvalue weighted by Crippen LogP contribution is 2.32. The predicted octanol–water partition coefficient (Wildman–Crippen LogP) is 16.6. The topological polar surface area (TPSA) is 245 Å². The van der Waals surface area contributed by atoms with Crippen molar-refractivity contribution in [3.05, 3.63) is 301 Å². The molecule has 0 aliphatic rings. The molecule has 0 radical (unpaired) electrons. The molecule has 460 valence electrons. The first-order valence-electron chi connectivity index (χ1n) is 27.9. The van der Waals surface area contributed by atoms with Crippen LogP contribution in [0.2, 0.25) is 35.5 Å². The Balaban J connectivity index is 0.000000154. The summed E-state index contributed by atoms with van der Waals surface area (Å²) in [4.78, 5) is 63.3. The molecule has 6 N–H and O–H groups in total. The smallest absolute Gasteiger partial charge is 0.264 e. The van der Waals surface area contributed by atoms with Crippen molar-refractivity contribution in [1.82, 2.24) is 28.7 Å². The summed E-state index contributed by atoms with van der Waals surface area (Å²) < 4.78 is 4.89. The lowest BCUT2D eigenvalue weighted by atomic mass is 10.1. The molecule has 0 aliphatic heterocycles. The van der Waals surface area contributed by atoms with E-state index >= 15 is 0 Å². The molecule has 23 heteroatoms. The van der Waals surface area contributed by atoms with Crippen molar-refractivity contribution >= 4 is 131 Å². The molecular formula is C69H51Cl7N12O4. The molecule has 3 atom stereocenters. The Morgan fingerprint density at radius 1 is 0.446 bits per heavy atom. The van der Waals surface area contributed by atoms with Crippen LogP contribution in [0.25, 0.3) is 49.4 Å². The number of hydrogen-bond donors (Lipinski definition) is 4. The van der Waals surface area contributed by atoms with Crippen molar-refractivity contribution in [2.75, 3.05) is 10.6 Å². The third-order valence-electron chi connectivity index (χ3n) is 14.3. The van der Waals surface area contributed by atoms with Crippen LogP contribution in [0, 0.1) is 22.7 Å². The number of rotatable bonds is 11. The van der Waals surface area contributed by atoms with Gasteiger partial charge in [-0.1, -0.05) is 172 Å². The monoisotopic (exact) mass is 1360 g/mol. The number of aromatic nitrogens is 6. The van der Waals surface area contributed by atoms with Crippen molar-refractivity contribution in [1.29, 1.82) is 10.5 Å². The fraction of sp³-hybridized carbons (Fsp3) is 0.0870. The molecular weight excluding hydrogens is 1310 g/mol. The number of pyridine rings is 6. The molecule has 92 heavy (non-hydrogen) atoms. The predicted molar refractivity (Wildman–Crippen MR) is 371 cm³/mol. The number of nitrogens with zero attached hydrogens (tertiary/aromatic N) is 8. The van der Waals surface area contributed by atoms with E-state index < -0.39 is 11.9 Å². The molecule has 6 heterocycles. The first-order chi connectivity index (χ1) is 44.2. The van der Waals surface area contributed by atoms with E-state index in [0.717, 1.165) is 38.9 Å². The summed E-state index contributed by atoms with van der Waals surface area (Å²) in [5.41, 5.74) is 17.2. The molecule has 0 saturated carbocycles. The number of nitriles is 2. The van der Waals surface area contributed by atoms with Crippen molar-refractivity contribution in [3.8, 4) is 29.2 Å². The van der Waals surface area contributed by atoms with Crippen LogP contribution in [0.15, 0.2) is 215 Å². The highest BCUT2D eigenvalue weighted by atomic mass is 35.5. The van der Waals surface area contributed by atoms with Gasteiger partial charge in [0.25, 0.3) is 22.6 Å². The van der Waals surface area contributed by atoms with Crippen LogP contribution in [-0.2, 0) is 0 Å². The third kappa shape index (κ3) is 15.1. The van der Waals surface area contributed by atoms with Crippen molar-refractivity contribution in [3.63, 3.8) is 0 Å². The molecule has 6 aromatic carbocycles. The van der Waals surface area contributed by atoms with Gasteiger partial charge in [0.05, 0.1) is 76.4 Å². The largest absolute Gasteiger partial charge is 0.376 e. The summed E-state index contributed by atoms with van der Waals surface area (Å²) in [6.45, 7) is 5.66. The van der Waals surface area contributed by atoms with Crippen LogP contribution in [0.4, 0.5) is 11.4 Å². The fourth-order valence-electron chi connectivity index (χ4n) is 10.0. The van der Waals surface area contributed by atoms with Gasteiger partial charge in [-0.15, -0.1) is 0 Å². The maximum atomic E-state index is 13.5. The maximum Gasteiger partial charge on any atom is 0.264 e. The van der Waals surface area contributed by atoms with Gasteiger partial charge in [0.2, 0.25) is 0 Å². The Morgan fingerprint density at radius 3 is 1.17 bits per heavy atom. The number of carbonyl (C=O) groups is 1. The fourth-order valence-corrected chi connectivity index (χ4v) is 11.5. The lowest BCUT2D eigenvalue weighted by Crippen LogP contribution is -2.26. The van der Waals surface area contributed by atoms with E-state index in [1.807, 2.05) is 166 Å². The molecule has 0 unspecified atom stereocenters. The Kier molecular flexibility index (Phi) is 21.8. The van der Waals surface area contributed by atoms with Gasteiger partial charge in [-0.25, -0.2) is 15.0 Å². The number of hydrogen-bond acceptors (Lipinski definition) is 12. The van der Waals surface area contributed by atoms with Crippen LogP contribution >= 0.6 is 81.2 Å². The number of anilines is 2. The van der Waals surface area contributed by atoms with Gasteiger partial charge >= 0.3 is 0 Å². The number of amides is 1. The SMILES string of the molecule is C[C@H](N)c1cc2cccc(Cl)c2c(=O)n1-c1ccccc1.C[C@H](Nc1cc(Cl)ncc1C#N)c1cc2cccc(Cl)c2c(=O)n1-c1ccccc1.C[C@H](Nc1cc(Cl)ncc1C(N)=O)c1cc2cccc(Cl)c2c(=O)n1-c1ccccc1.N#Cc1cnc(Cl)cc1Cl. The van der Waals surface area contributed by atoms with Crippen molar-refractivity contribution < 1.29 is 4.79 Å². The third-order valence-corrected chi connectivity index (χ3v) is 16.2. The zero-order valence-corrected chi connectivity index (χ0v) is 54.1. The van der Waals surface area contributed by atoms with Crippen LogP contribution in [0.1, 0.15) is 77.5 Å². The van der Waals surface area contributed by atoms with Crippen LogP contribution in [0.3, 0.4) is 0 Å². The number of halogens is 7. The number of fused-ring (bicyclic) bond motifs is 3. The van der Waals surface area contributed by atoms with E-state index in [1.54, 1.807) is 44.0 Å². The number of benzene rings is 6. The van der Waals surface area contributed by atoms with Gasteiger partial charge in [-0.2, -0.15) is 10.5 Å². The standard InChI is InChI=1S/C23H18Cl2N4O2.C23H16Cl2N4O.C17H15ClN2O.C6H2Cl2N2/c1-13(28-18-11-20(25)27-12-16(18)22(26)30)19-10-14-6-5-9-17(24)21(14)23(31)29(19)15-7-3-2-4-8-15;1-14(28-19-11-21(25)27-13-16(19)12-26)20-10-15-6-5-9-18(24)22(15)23(30)29(20)17-7-3-2-4-8-17;1-11(19)15-10-12-6-5-9-14(18)16(12)17(21)20(15)13-7-3-2-4-8-13;7-5-1-6(8)10-3-4(5)2-9/h2-13H,1H3,(H2,26,30)(H,27,28);2-11,13-14H,1H3,(H,27,28);2-11H,19H2,1H3;1,3H/t13-;14-;11-;/m000./s1. The second kappa shape index (κ2) is 30.0. The molecule has 12 rings (SSSR count). The number of para-hydroxylation sites is 3. The first-order valence-corrected chi connectivity index (χ1v) is 30.5. The summed E-state index contributed by atoms with van der Waals surface area (Å²) in [6.07, 6.45) is 4.08. The summed E-state index contributed by atoms with van der Waals surface area (Å²) in [7, 11) is 0. The van der Waals surface area contributed by atoms with Crippen molar-refractivity contribution in [2.45, 2.75) is 38.9 Å². The number of nitrogens with two attached hydrogens (primary N) is 2. The maximum absolute atomic E-state index is 13.5. The van der Waals surface area contributed by atoms with Gasteiger partial charge in [0.15, 0.2) is 0 Å². The van der Waals surface area contributed by atoms with Gasteiger partial charge in [0.1, 0.15) is 27.6 Å². The highest BCUT2D eigenvalue weighted by Gasteiger charge is 2.22. The minimum Gasteiger partial charge on any atom is -0.376 e. The second-order valence-corrected chi connectivity index (χ2v) is 23.2. The molecule has 1 amide bonds. The summed E-state index contributed by atoms with van der Waals surface area (Å²) in [5, 5.41) is 30.4. The molecule has 12 aromatic rings. The lowest BCUT2D eigenvalue weighted by Gasteiger charge is -2.23. The summed E-state index contributed by atoms with van der Waals surface area (Å²) in [5.74, 6) is -0.635. The zero-order chi connectivity index (χ0) is 65.9. The van der Waals surface area contributed by atoms with Crippen molar-refractivity contribution in [2.24, 2.45) is 11.5 Å². The number of primary amides is 1. The molecule has 6 aromatic heterocycles. The van der Waals surface area contributed by atoms with E-state index in [2.05, 4.69) is 31.7 Å². The minimum atomic E-state index is -0.635.